The van der Waals surface area contributed by atoms with Crippen molar-refractivity contribution in [2.75, 3.05) is 5.32 Å². The Morgan fingerprint density at radius 3 is 2.68 bits per heavy atom. The minimum Gasteiger partial charge on any atom is -0.331 e. The third kappa shape index (κ3) is 2.62. The number of aromatic nitrogens is 2. The van der Waals surface area contributed by atoms with Crippen LogP contribution in [0.2, 0.25) is 0 Å². The van der Waals surface area contributed by atoms with Crippen molar-refractivity contribution in [2.24, 2.45) is 13.0 Å². The number of nitrogens with one attached hydrogen (secondary N) is 1. The van der Waals surface area contributed by atoms with Gasteiger partial charge < -0.3 is 9.88 Å². The Morgan fingerprint density at radius 1 is 1.37 bits per heavy atom. The number of hydrogen-bond donors (Lipinski definition) is 1. The molecule has 0 spiro atoms. The lowest BCUT2D eigenvalue weighted by Gasteiger charge is -2.12. The van der Waals surface area contributed by atoms with Crippen molar-refractivity contribution in [1.29, 1.82) is 0 Å². The number of anilines is 1. The fourth-order valence-electron chi connectivity index (χ4n) is 2.30. The van der Waals surface area contributed by atoms with Crippen molar-refractivity contribution in [1.82, 2.24) is 9.55 Å². The Hall–Kier alpha value is -1.84. The summed E-state index contributed by atoms with van der Waals surface area (Å²) >= 11 is 0. The molecular weight excluding hydrogens is 238 g/mol. The van der Waals surface area contributed by atoms with E-state index in [0.29, 0.717) is 0 Å². The first-order chi connectivity index (χ1) is 9.06. The molecule has 0 unspecified atom stereocenters. The van der Waals surface area contributed by atoms with Crippen LogP contribution in [-0.4, -0.2) is 15.5 Å². The number of aryl methyl sites for hydroxylation is 2. The number of imidazole rings is 1. The number of hydrogen-bond acceptors (Lipinski definition) is 2. The van der Waals surface area contributed by atoms with Crippen molar-refractivity contribution in [2.45, 2.75) is 33.6 Å². The Kier molecular flexibility index (Phi) is 3.88. The largest absolute Gasteiger partial charge is 0.331 e. The highest BCUT2D eigenvalue weighted by atomic mass is 16.1. The molecule has 1 N–H and O–H groups in total. The van der Waals surface area contributed by atoms with E-state index in [1.165, 1.54) is 0 Å². The average Bonchev–Trinajstić information content (AvgIpc) is 2.66. The van der Waals surface area contributed by atoms with Gasteiger partial charge >= 0.3 is 0 Å². The van der Waals surface area contributed by atoms with E-state index in [2.05, 4.69) is 10.3 Å². The number of carbonyl (C=O) groups excluding carboxylic acids is 1. The third-order valence-corrected chi connectivity index (χ3v) is 3.73. The van der Waals surface area contributed by atoms with Gasteiger partial charge in [0.2, 0.25) is 5.91 Å². The van der Waals surface area contributed by atoms with Gasteiger partial charge in [0.15, 0.2) is 0 Å². The van der Waals surface area contributed by atoms with Gasteiger partial charge in [-0.1, -0.05) is 13.8 Å². The normalized spacial score (nSPS) is 11.2. The summed E-state index contributed by atoms with van der Waals surface area (Å²) in [5.74, 6) is 1.15. The molecule has 0 aliphatic heterocycles. The maximum Gasteiger partial charge on any atom is 0.227 e. The molecule has 2 aromatic rings. The molecule has 102 valence electrons. The van der Waals surface area contributed by atoms with Gasteiger partial charge in [0.05, 0.1) is 11.0 Å². The van der Waals surface area contributed by atoms with Gasteiger partial charge in [0, 0.05) is 18.7 Å². The van der Waals surface area contributed by atoms with E-state index in [9.17, 15) is 4.79 Å². The molecule has 4 nitrogen and oxygen atoms in total. The molecule has 1 amide bonds. The third-order valence-electron chi connectivity index (χ3n) is 3.73. The SMILES string of the molecule is CCC(CC)C(=O)Nc1ccc2c(c1)nc(C)n2C. The molecule has 19 heavy (non-hydrogen) atoms. The topological polar surface area (TPSA) is 46.9 Å². The maximum atomic E-state index is 12.0. The highest BCUT2D eigenvalue weighted by Crippen LogP contribution is 2.20. The molecule has 1 aromatic heterocycles. The molecule has 2 rings (SSSR count). The summed E-state index contributed by atoms with van der Waals surface area (Å²) in [7, 11) is 1.99. The standard InChI is InChI=1S/C15H21N3O/c1-5-11(6-2)15(19)17-12-7-8-14-13(9-12)16-10(3)18(14)4/h7-9,11H,5-6H2,1-4H3,(H,17,19). The van der Waals surface area contributed by atoms with Crippen LogP contribution in [0.5, 0.6) is 0 Å². The second-order valence-electron chi connectivity index (χ2n) is 4.92. The van der Waals surface area contributed by atoms with Crippen LogP contribution in [0.15, 0.2) is 18.2 Å². The van der Waals surface area contributed by atoms with Gasteiger partial charge in [-0.05, 0) is 38.0 Å². The Labute approximate surface area is 113 Å². The number of rotatable bonds is 4. The van der Waals surface area contributed by atoms with Crippen LogP contribution in [0.25, 0.3) is 11.0 Å². The molecule has 0 radical (unpaired) electrons. The predicted octanol–water partition coefficient (Wildman–Crippen LogP) is 3.26. The molecule has 0 fully saturated rings. The molecule has 0 bridgehead atoms. The van der Waals surface area contributed by atoms with Gasteiger partial charge in [0.25, 0.3) is 0 Å². The van der Waals surface area contributed by atoms with Crippen LogP contribution in [-0.2, 0) is 11.8 Å². The van der Waals surface area contributed by atoms with Crippen LogP contribution in [0, 0.1) is 12.8 Å². The van der Waals surface area contributed by atoms with Gasteiger partial charge in [0.1, 0.15) is 5.82 Å². The summed E-state index contributed by atoms with van der Waals surface area (Å²) in [6.07, 6.45) is 1.74. The molecule has 0 saturated carbocycles. The Bertz CT molecular complexity index is 597. The highest BCUT2D eigenvalue weighted by Gasteiger charge is 2.14. The zero-order chi connectivity index (χ0) is 14.0. The van der Waals surface area contributed by atoms with E-state index in [1.54, 1.807) is 0 Å². The van der Waals surface area contributed by atoms with Crippen LogP contribution >= 0.6 is 0 Å². The van der Waals surface area contributed by atoms with Crippen LogP contribution in [0.1, 0.15) is 32.5 Å². The molecule has 0 aliphatic carbocycles. The highest BCUT2D eigenvalue weighted by molar-refractivity contribution is 5.94. The molecule has 4 heteroatoms. The second kappa shape index (κ2) is 5.43. The second-order valence-corrected chi connectivity index (χ2v) is 4.92. The van der Waals surface area contributed by atoms with Crippen molar-refractivity contribution in [3.63, 3.8) is 0 Å². The number of carbonyl (C=O) groups is 1. The molecule has 1 heterocycles. The number of fused-ring (bicyclic) bond motifs is 1. The monoisotopic (exact) mass is 259 g/mol. The summed E-state index contributed by atoms with van der Waals surface area (Å²) < 4.78 is 2.04. The predicted molar refractivity (Wildman–Crippen MR) is 78.2 cm³/mol. The van der Waals surface area contributed by atoms with Crippen molar-refractivity contribution < 1.29 is 4.79 Å². The van der Waals surface area contributed by atoms with Gasteiger partial charge in [-0.15, -0.1) is 0 Å². The first-order valence-electron chi connectivity index (χ1n) is 6.80. The maximum absolute atomic E-state index is 12.0. The van der Waals surface area contributed by atoms with E-state index in [1.807, 2.05) is 50.6 Å². The number of nitrogens with zero attached hydrogens (tertiary/aromatic N) is 2. The lowest BCUT2D eigenvalue weighted by molar-refractivity contribution is -0.120. The van der Waals surface area contributed by atoms with Crippen molar-refractivity contribution >= 4 is 22.6 Å². The van der Waals surface area contributed by atoms with E-state index >= 15 is 0 Å². The quantitative estimate of drug-likeness (QED) is 0.916. The van der Waals surface area contributed by atoms with E-state index in [-0.39, 0.29) is 11.8 Å². The van der Waals surface area contributed by atoms with E-state index < -0.39 is 0 Å². The first kappa shape index (κ1) is 13.6. The van der Waals surface area contributed by atoms with Gasteiger partial charge in [-0.2, -0.15) is 0 Å². The molecular formula is C15H21N3O. The summed E-state index contributed by atoms with van der Waals surface area (Å²) in [5, 5.41) is 2.98. The Morgan fingerprint density at radius 2 is 2.05 bits per heavy atom. The Balaban J connectivity index is 2.24. The first-order valence-corrected chi connectivity index (χ1v) is 6.80. The van der Waals surface area contributed by atoms with Crippen molar-refractivity contribution in [3.8, 4) is 0 Å². The van der Waals surface area contributed by atoms with Gasteiger partial charge in [-0.25, -0.2) is 4.98 Å². The van der Waals surface area contributed by atoms with E-state index in [0.717, 1.165) is 35.4 Å². The summed E-state index contributed by atoms with van der Waals surface area (Å²) in [6.45, 7) is 6.06. The average molecular weight is 259 g/mol. The zero-order valence-electron chi connectivity index (χ0n) is 12.0. The lowest BCUT2D eigenvalue weighted by Crippen LogP contribution is -2.21. The number of amides is 1. The van der Waals surface area contributed by atoms with Crippen LogP contribution in [0.3, 0.4) is 0 Å². The summed E-state index contributed by atoms with van der Waals surface area (Å²) in [5.41, 5.74) is 2.82. The smallest absolute Gasteiger partial charge is 0.227 e. The minimum atomic E-state index is 0.0844. The zero-order valence-corrected chi connectivity index (χ0v) is 12.0. The molecule has 0 aliphatic rings. The fourth-order valence-corrected chi connectivity index (χ4v) is 2.30. The van der Waals surface area contributed by atoms with Crippen LogP contribution < -0.4 is 5.32 Å². The summed E-state index contributed by atoms with van der Waals surface area (Å²) in [6, 6.07) is 5.87. The van der Waals surface area contributed by atoms with Gasteiger partial charge in [-0.3, -0.25) is 4.79 Å². The van der Waals surface area contributed by atoms with E-state index in [4.69, 9.17) is 0 Å². The fraction of sp³-hybridized carbons (Fsp3) is 0.467. The van der Waals surface area contributed by atoms with Crippen LogP contribution in [0.4, 0.5) is 5.69 Å². The lowest BCUT2D eigenvalue weighted by atomic mass is 10.0. The number of benzene rings is 1. The minimum absolute atomic E-state index is 0.0844. The molecule has 0 saturated heterocycles. The molecule has 1 aromatic carbocycles. The van der Waals surface area contributed by atoms with Crippen molar-refractivity contribution in [3.05, 3.63) is 24.0 Å². The summed E-state index contributed by atoms with van der Waals surface area (Å²) in [4.78, 5) is 16.5. The molecule has 0 atom stereocenters.